The van der Waals surface area contributed by atoms with Crippen LogP contribution in [0.5, 0.6) is 0 Å². The fraction of sp³-hybridized carbons (Fsp3) is 0.769. The van der Waals surface area contributed by atoms with Gasteiger partial charge >= 0.3 is 0 Å². The van der Waals surface area contributed by atoms with E-state index in [0.717, 1.165) is 38.0 Å². The average Bonchev–Trinajstić information content (AvgIpc) is 2.97. The molecule has 17 heavy (non-hydrogen) atoms. The first kappa shape index (κ1) is 12.6. The maximum absolute atomic E-state index is 5.01. The van der Waals surface area contributed by atoms with E-state index in [1.807, 2.05) is 6.20 Å². The van der Waals surface area contributed by atoms with Gasteiger partial charge in [0.1, 0.15) is 5.82 Å². The number of imidazole rings is 1. The van der Waals surface area contributed by atoms with Crippen molar-refractivity contribution in [1.29, 1.82) is 0 Å². The minimum Gasteiger partial charge on any atom is -0.383 e. The van der Waals surface area contributed by atoms with Gasteiger partial charge in [0.2, 0.25) is 0 Å². The maximum atomic E-state index is 5.01. The molecule has 1 aromatic rings. The standard InChI is InChI=1S/C13H23N3O/c1-17-9-7-14-10-13-15-6-8-16(13)11-12-4-2-3-5-12/h6,8,12,14H,2-5,7,9-11H2,1H3. The van der Waals surface area contributed by atoms with Gasteiger partial charge in [-0.3, -0.25) is 0 Å². The van der Waals surface area contributed by atoms with Crippen molar-refractivity contribution in [2.45, 2.75) is 38.8 Å². The Balaban J connectivity index is 1.79. The van der Waals surface area contributed by atoms with Crippen LogP contribution in [0.3, 0.4) is 0 Å². The molecule has 1 fully saturated rings. The summed E-state index contributed by atoms with van der Waals surface area (Å²) in [6.45, 7) is 3.61. The van der Waals surface area contributed by atoms with E-state index in [1.165, 1.54) is 25.7 Å². The molecule has 4 heteroatoms. The van der Waals surface area contributed by atoms with Crippen LogP contribution in [0.15, 0.2) is 12.4 Å². The summed E-state index contributed by atoms with van der Waals surface area (Å²) < 4.78 is 7.31. The molecule has 96 valence electrons. The van der Waals surface area contributed by atoms with Crippen LogP contribution in [0, 0.1) is 5.92 Å². The lowest BCUT2D eigenvalue weighted by molar-refractivity contribution is 0.198. The van der Waals surface area contributed by atoms with Gasteiger partial charge in [0.15, 0.2) is 0 Å². The first-order chi connectivity index (χ1) is 8.40. The molecule has 0 amide bonds. The lowest BCUT2D eigenvalue weighted by Crippen LogP contribution is -2.22. The zero-order chi connectivity index (χ0) is 11.9. The Morgan fingerprint density at radius 1 is 1.47 bits per heavy atom. The number of nitrogens with zero attached hydrogens (tertiary/aromatic N) is 2. The highest BCUT2D eigenvalue weighted by atomic mass is 16.5. The topological polar surface area (TPSA) is 39.1 Å². The van der Waals surface area contributed by atoms with Crippen LogP contribution in [0.25, 0.3) is 0 Å². The molecular formula is C13H23N3O. The van der Waals surface area contributed by atoms with Crippen molar-refractivity contribution in [2.24, 2.45) is 5.92 Å². The van der Waals surface area contributed by atoms with Gasteiger partial charge in [0.05, 0.1) is 13.2 Å². The molecule has 0 aromatic carbocycles. The largest absolute Gasteiger partial charge is 0.383 e. The smallest absolute Gasteiger partial charge is 0.122 e. The normalized spacial score (nSPS) is 16.8. The lowest BCUT2D eigenvalue weighted by Gasteiger charge is -2.13. The third-order valence-electron chi connectivity index (χ3n) is 3.50. The highest BCUT2D eigenvalue weighted by molar-refractivity contribution is 4.92. The minimum absolute atomic E-state index is 0.753. The summed E-state index contributed by atoms with van der Waals surface area (Å²) in [4.78, 5) is 4.42. The predicted octanol–water partition coefficient (Wildman–Crippen LogP) is 1.81. The van der Waals surface area contributed by atoms with Crippen molar-refractivity contribution < 1.29 is 4.74 Å². The van der Waals surface area contributed by atoms with Gasteiger partial charge in [-0.05, 0) is 18.8 Å². The molecular weight excluding hydrogens is 214 g/mol. The van der Waals surface area contributed by atoms with Crippen LogP contribution in [-0.2, 0) is 17.8 Å². The fourth-order valence-corrected chi connectivity index (χ4v) is 2.52. The molecule has 0 saturated heterocycles. The summed E-state index contributed by atoms with van der Waals surface area (Å²) in [5.41, 5.74) is 0. The van der Waals surface area contributed by atoms with E-state index >= 15 is 0 Å². The molecule has 1 aliphatic carbocycles. The number of ether oxygens (including phenoxy) is 1. The summed E-state index contributed by atoms with van der Waals surface area (Å²) >= 11 is 0. The molecule has 1 aliphatic rings. The first-order valence-corrected chi connectivity index (χ1v) is 6.60. The van der Waals surface area contributed by atoms with Crippen molar-refractivity contribution in [1.82, 2.24) is 14.9 Å². The van der Waals surface area contributed by atoms with Gasteiger partial charge in [-0.1, -0.05) is 12.8 Å². The quantitative estimate of drug-likeness (QED) is 0.735. The molecule has 1 heterocycles. The molecule has 0 atom stereocenters. The van der Waals surface area contributed by atoms with Crippen molar-refractivity contribution in [2.75, 3.05) is 20.3 Å². The zero-order valence-electron chi connectivity index (χ0n) is 10.7. The van der Waals surface area contributed by atoms with Gasteiger partial charge < -0.3 is 14.6 Å². The van der Waals surface area contributed by atoms with E-state index < -0.39 is 0 Å². The number of hydrogen-bond donors (Lipinski definition) is 1. The molecule has 1 N–H and O–H groups in total. The summed E-state index contributed by atoms with van der Waals surface area (Å²) in [5, 5.41) is 3.35. The van der Waals surface area contributed by atoms with Crippen molar-refractivity contribution in [3.8, 4) is 0 Å². The lowest BCUT2D eigenvalue weighted by atomic mass is 10.1. The third kappa shape index (κ3) is 3.82. The fourth-order valence-electron chi connectivity index (χ4n) is 2.52. The molecule has 1 saturated carbocycles. The van der Waals surface area contributed by atoms with Gasteiger partial charge in [-0.25, -0.2) is 4.98 Å². The van der Waals surface area contributed by atoms with Crippen LogP contribution >= 0.6 is 0 Å². The number of hydrogen-bond acceptors (Lipinski definition) is 3. The Morgan fingerprint density at radius 3 is 3.06 bits per heavy atom. The van der Waals surface area contributed by atoms with E-state index in [4.69, 9.17) is 4.74 Å². The van der Waals surface area contributed by atoms with Crippen molar-refractivity contribution in [3.63, 3.8) is 0 Å². The van der Waals surface area contributed by atoms with Crippen LogP contribution in [0.1, 0.15) is 31.5 Å². The zero-order valence-corrected chi connectivity index (χ0v) is 10.7. The molecule has 0 radical (unpaired) electrons. The van der Waals surface area contributed by atoms with Crippen LogP contribution in [-0.4, -0.2) is 29.8 Å². The van der Waals surface area contributed by atoms with Crippen molar-refractivity contribution >= 4 is 0 Å². The summed E-state index contributed by atoms with van der Waals surface area (Å²) in [7, 11) is 1.72. The van der Waals surface area contributed by atoms with Crippen LogP contribution in [0.2, 0.25) is 0 Å². The molecule has 0 bridgehead atoms. The van der Waals surface area contributed by atoms with Gasteiger partial charge in [0.25, 0.3) is 0 Å². The van der Waals surface area contributed by atoms with Gasteiger partial charge in [-0.2, -0.15) is 0 Å². The van der Waals surface area contributed by atoms with Gasteiger partial charge in [-0.15, -0.1) is 0 Å². The molecule has 2 rings (SSSR count). The van der Waals surface area contributed by atoms with E-state index in [-0.39, 0.29) is 0 Å². The molecule has 0 aliphatic heterocycles. The molecule has 0 spiro atoms. The molecule has 4 nitrogen and oxygen atoms in total. The SMILES string of the molecule is COCCNCc1nccn1CC1CCCC1. The highest BCUT2D eigenvalue weighted by Crippen LogP contribution is 2.26. The second kappa shape index (κ2) is 6.77. The first-order valence-electron chi connectivity index (χ1n) is 6.60. The van der Waals surface area contributed by atoms with E-state index in [0.29, 0.717) is 0 Å². The summed E-state index contributed by atoms with van der Waals surface area (Å²) in [6.07, 6.45) is 9.58. The number of methoxy groups -OCH3 is 1. The van der Waals surface area contributed by atoms with E-state index in [9.17, 15) is 0 Å². The average molecular weight is 237 g/mol. The highest BCUT2D eigenvalue weighted by Gasteiger charge is 2.16. The Hall–Kier alpha value is -0.870. The Labute approximate surface area is 103 Å². The third-order valence-corrected chi connectivity index (χ3v) is 3.50. The van der Waals surface area contributed by atoms with Gasteiger partial charge in [0, 0.05) is 32.6 Å². The van der Waals surface area contributed by atoms with E-state index in [1.54, 1.807) is 7.11 Å². The van der Waals surface area contributed by atoms with Crippen LogP contribution < -0.4 is 5.32 Å². The second-order valence-corrected chi connectivity index (χ2v) is 4.82. The van der Waals surface area contributed by atoms with E-state index in [2.05, 4.69) is 21.1 Å². The Morgan fingerprint density at radius 2 is 2.29 bits per heavy atom. The monoisotopic (exact) mass is 237 g/mol. The molecule has 1 aromatic heterocycles. The number of rotatable bonds is 7. The second-order valence-electron chi connectivity index (χ2n) is 4.82. The number of aromatic nitrogens is 2. The summed E-state index contributed by atoms with van der Waals surface area (Å²) in [5.74, 6) is 2.01. The molecule has 0 unspecified atom stereocenters. The van der Waals surface area contributed by atoms with Crippen LogP contribution in [0.4, 0.5) is 0 Å². The maximum Gasteiger partial charge on any atom is 0.122 e. The van der Waals surface area contributed by atoms with Crippen molar-refractivity contribution in [3.05, 3.63) is 18.2 Å². The summed E-state index contributed by atoms with van der Waals surface area (Å²) in [6, 6.07) is 0. The Bertz CT molecular complexity index is 318. The number of nitrogens with one attached hydrogen (secondary N) is 1. The Kier molecular flexibility index (Phi) is 5.01. The predicted molar refractivity (Wildman–Crippen MR) is 67.8 cm³/mol. The minimum atomic E-state index is 0.753.